The first-order valence-electron chi connectivity index (χ1n) is 7.86. The second-order valence-corrected chi connectivity index (χ2v) is 5.77. The molecule has 0 unspecified atom stereocenters. The van der Waals surface area contributed by atoms with Crippen LogP contribution < -0.4 is 5.32 Å². The van der Waals surface area contributed by atoms with Crippen LogP contribution in [0.3, 0.4) is 0 Å². The Morgan fingerprint density at radius 3 is 2.56 bits per heavy atom. The predicted octanol–water partition coefficient (Wildman–Crippen LogP) is 2.56. The summed E-state index contributed by atoms with van der Waals surface area (Å²) in [6.07, 6.45) is 5.46. The Bertz CT molecular complexity index is 596. The monoisotopic (exact) mass is 367 g/mol. The maximum Gasteiger partial charge on any atom is 0.307 e. The minimum atomic E-state index is -1.01. The molecule has 1 rings (SSSR count). The molecular weight excluding hydrogens is 346 g/mol. The molecule has 0 aromatic heterocycles. The molecule has 0 radical (unpaired) electrons. The smallest absolute Gasteiger partial charge is 0.307 e. The van der Waals surface area contributed by atoms with E-state index in [9.17, 15) is 14.7 Å². The van der Waals surface area contributed by atoms with Crippen molar-refractivity contribution in [1.82, 2.24) is 5.32 Å². The molecule has 2 N–H and O–H groups in total. The highest BCUT2D eigenvalue weighted by Gasteiger charge is 2.24. The Balaban J connectivity index is 2.74. The number of terminal acetylenes is 1. The number of carboxylic acid groups (broad SMARTS) is 1. The van der Waals surface area contributed by atoms with Crippen molar-refractivity contribution in [2.24, 2.45) is 5.92 Å². The summed E-state index contributed by atoms with van der Waals surface area (Å²) in [5.74, 6) is 0.234. The number of carbonyl (C=O) groups excluding carboxylic acids is 1. The largest absolute Gasteiger partial charge is 0.481 e. The maximum atomic E-state index is 12.3. The summed E-state index contributed by atoms with van der Waals surface area (Å²) in [7, 11) is 0. The molecule has 2 atom stereocenters. The van der Waals surface area contributed by atoms with Crippen LogP contribution in [0.4, 0.5) is 0 Å². The number of hydrogen-bond donors (Lipinski definition) is 2. The summed E-state index contributed by atoms with van der Waals surface area (Å²) in [4.78, 5) is 23.6. The van der Waals surface area contributed by atoms with Gasteiger partial charge in [0.25, 0.3) is 5.91 Å². The number of carboxylic acids is 1. The first-order chi connectivity index (χ1) is 12.0. The number of ether oxygens (including phenoxy) is 2. The van der Waals surface area contributed by atoms with Crippen molar-refractivity contribution in [3.05, 3.63) is 34.9 Å². The second-order valence-electron chi connectivity index (χ2n) is 5.34. The highest BCUT2D eigenvalue weighted by Crippen LogP contribution is 2.14. The third-order valence-corrected chi connectivity index (χ3v) is 3.67. The standard InChI is InChI=1S/C18H22ClNO5/c1-3-5-14(18(22)23)10-16(11-25-12-24-4-2)20-17(21)13-6-8-15(19)9-7-13/h1,6-9,14,16H,4-5,10-12H2,2H3,(H,20,21)(H,22,23)/t14-,16-/m0/s1. The van der Waals surface area contributed by atoms with Crippen molar-refractivity contribution < 1.29 is 24.2 Å². The van der Waals surface area contributed by atoms with E-state index in [-0.39, 0.29) is 32.1 Å². The molecule has 0 aliphatic carbocycles. The molecule has 0 bridgehead atoms. The van der Waals surface area contributed by atoms with Gasteiger partial charge in [0, 0.05) is 23.6 Å². The predicted molar refractivity (Wildman–Crippen MR) is 94.3 cm³/mol. The number of amides is 1. The third kappa shape index (κ3) is 8.03. The van der Waals surface area contributed by atoms with Gasteiger partial charge < -0.3 is 19.9 Å². The molecule has 0 saturated heterocycles. The van der Waals surface area contributed by atoms with Crippen LogP contribution in [0.1, 0.15) is 30.1 Å². The molecule has 136 valence electrons. The van der Waals surface area contributed by atoms with Gasteiger partial charge in [-0.2, -0.15) is 0 Å². The number of rotatable bonds is 11. The van der Waals surface area contributed by atoms with Gasteiger partial charge in [-0.1, -0.05) is 11.6 Å². The average Bonchev–Trinajstić information content (AvgIpc) is 2.58. The molecular formula is C18H22ClNO5. The second kappa shape index (κ2) is 11.5. The van der Waals surface area contributed by atoms with Crippen LogP contribution in [-0.2, 0) is 14.3 Å². The van der Waals surface area contributed by atoms with Crippen LogP contribution in [-0.4, -0.2) is 43.0 Å². The van der Waals surface area contributed by atoms with Crippen molar-refractivity contribution >= 4 is 23.5 Å². The van der Waals surface area contributed by atoms with E-state index in [0.29, 0.717) is 17.2 Å². The molecule has 0 saturated carbocycles. The summed E-state index contributed by atoms with van der Waals surface area (Å²) >= 11 is 5.81. The van der Waals surface area contributed by atoms with Gasteiger partial charge in [0.2, 0.25) is 0 Å². The van der Waals surface area contributed by atoms with Crippen molar-refractivity contribution in [1.29, 1.82) is 0 Å². The number of carbonyl (C=O) groups is 2. The van der Waals surface area contributed by atoms with E-state index >= 15 is 0 Å². The van der Waals surface area contributed by atoms with Crippen LogP contribution in [0, 0.1) is 18.3 Å². The summed E-state index contributed by atoms with van der Waals surface area (Å²) in [6, 6.07) is 5.88. The SMILES string of the molecule is C#CC[C@@H](C[C@@H](COCOCC)NC(=O)c1ccc(Cl)cc1)C(=O)O. The van der Waals surface area contributed by atoms with E-state index in [0.717, 1.165) is 0 Å². The minimum Gasteiger partial charge on any atom is -0.481 e. The number of aliphatic carboxylic acids is 1. The maximum absolute atomic E-state index is 12.3. The Labute approximate surface area is 152 Å². The highest BCUT2D eigenvalue weighted by molar-refractivity contribution is 6.30. The van der Waals surface area contributed by atoms with Crippen LogP contribution in [0.25, 0.3) is 0 Å². The molecule has 0 aliphatic heterocycles. The van der Waals surface area contributed by atoms with E-state index in [1.54, 1.807) is 24.3 Å². The Morgan fingerprint density at radius 1 is 1.32 bits per heavy atom. The highest BCUT2D eigenvalue weighted by atomic mass is 35.5. The fourth-order valence-corrected chi connectivity index (χ4v) is 2.25. The zero-order valence-corrected chi connectivity index (χ0v) is 14.8. The lowest BCUT2D eigenvalue weighted by atomic mass is 9.97. The molecule has 0 fully saturated rings. The molecule has 25 heavy (non-hydrogen) atoms. The van der Waals surface area contributed by atoms with Gasteiger partial charge in [-0.25, -0.2) is 0 Å². The fraction of sp³-hybridized carbons (Fsp3) is 0.444. The first kappa shape index (κ1) is 21.0. The first-order valence-corrected chi connectivity index (χ1v) is 8.23. The molecule has 1 aromatic rings. The van der Waals surface area contributed by atoms with E-state index in [1.165, 1.54) is 0 Å². The lowest BCUT2D eigenvalue weighted by Gasteiger charge is -2.21. The van der Waals surface area contributed by atoms with Crippen LogP contribution in [0.2, 0.25) is 5.02 Å². The summed E-state index contributed by atoms with van der Waals surface area (Å²) in [6.45, 7) is 2.51. The fourth-order valence-electron chi connectivity index (χ4n) is 2.13. The molecule has 0 heterocycles. The molecule has 1 aromatic carbocycles. The average molecular weight is 368 g/mol. The lowest BCUT2D eigenvalue weighted by Crippen LogP contribution is -2.40. The van der Waals surface area contributed by atoms with Crippen molar-refractivity contribution in [2.75, 3.05) is 20.0 Å². The molecule has 0 aliphatic rings. The van der Waals surface area contributed by atoms with E-state index in [4.69, 9.17) is 27.5 Å². The quantitative estimate of drug-likeness (QED) is 0.357. The van der Waals surface area contributed by atoms with Gasteiger partial charge >= 0.3 is 5.97 Å². The number of nitrogens with one attached hydrogen (secondary N) is 1. The lowest BCUT2D eigenvalue weighted by molar-refractivity contribution is -0.142. The van der Waals surface area contributed by atoms with Crippen LogP contribution in [0.15, 0.2) is 24.3 Å². The Morgan fingerprint density at radius 2 is 2.00 bits per heavy atom. The van der Waals surface area contributed by atoms with Crippen LogP contribution >= 0.6 is 11.6 Å². The van der Waals surface area contributed by atoms with Crippen molar-refractivity contribution in [3.8, 4) is 12.3 Å². The molecule has 1 amide bonds. The summed E-state index contributed by atoms with van der Waals surface area (Å²) in [5, 5.41) is 12.6. The zero-order valence-electron chi connectivity index (χ0n) is 14.0. The number of hydrogen-bond acceptors (Lipinski definition) is 4. The van der Waals surface area contributed by atoms with Gasteiger partial charge in [0.15, 0.2) is 0 Å². The van der Waals surface area contributed by atoms with Crippen molar-refractivity contribution in [2.45, 2.75) is 25.8 Å². The van der Waals surface area contributed by atoms with E-state index in [2.05, 4.69) is 11.2 Å². The molecule has 6 nitrogen and oxygen atoms in total. The van der Waals surface area contributed by atoms with Gasteiger partial charge in [-0.05, 0) is 37.6 Å². The van der Waals surface area contributed by atoms with Crippen molar-refractivity contribution in [3.63, 3.8) is 0 Å². The molecule has 7 heteroatoms. The topological polar surface area (TPSA) is 84.9 Å². The van der Waals surface area contributed by atoms with Gasteiger partial charge in [0.1, 0.15) is 6.79 Å². The number of benzene rings is 1. The molecule has 0 spiro atoms. The summed E-state index contributed by atoms with van der Waals surface area (Å²) in [5.41, 5.74) is 0.419. The van der Waals surface area contributed by atoms with Gasteiger partial charge in [0.05, 0.1) is 18.6 Å². The third-order valence-electron chi connectivity index (χ3n) is 3.41. The summed E-state index contributed by atoms with van der Waals surface area (Å²) < 4.78 is 10.4. The van der Waals surface area contributed by atoms with Gasteiger partial charge in [-0.15, -0.1) is 12.3 Å². The normalized spacial score (nSPS) is 12.8. The Hall–Kier alpha value is -2.07. The number of halogens is 1. The van der Waals surface area contributed by atoms with E-state index < -0.39 is 17.9 Å². The Kier molecular flexibility index (Phi) is 9.63. The van der Waals surface area contributed by atoms with Gasteiger partial charge in [-0.3, -0.25) is 9.59 Å². The minimum absolute atomic E-state index is 0.0662. The van der Waals surface area contributed by atoms with E-state index in [1.807, 2.05) is 6.92 Å². The van der Waals surface area contributed by atoms with Crippen LogP contribution in [0.5, 0.6) is 0 Å². The zero-order chi connectivity index (χ0) is 18.7.